The Kier molecular flexibility index (Phi) is 6.48. The highest BCUT2D eigenvalue weighted by Gasteiger charge is 2.19. The van der Waals surface area contributed by atoms with Crippen LogP contribution in [0, 0.1) is 0 Å². The van der Waals surface area contributed by atoms with Gasteiger partial charge in [-0.1, -0.05) is 127 Å². The van der Waals surface area contributed by atoms with Crippen LogP contribution in [0.2, 0.25) is 0 Å². The van der Waals surface area contributed by atoms with E-state index >= 15 is 0 Å². The maximum atomic E-state index is 6.39. The summed E-state index contributed by atoms with van der Waals surface area (Å²) in [6.07, 6.45) is 0. The molecule has 0 aliphatic heterocycles. The van der Waals surface area contributed by atoms with Gasteiger partial charge in [0.05, 0.1) is 33.5 Å². The van der Waals surface area contributed by atoms with Gasteiger partial charge >= 0.3 is 0 Å². The van der Waals surface area contributed by atoms with Crippen molar-refractivity contribution in [1.29, 1.82) is 0 Å². The average molecular weight is 679 g/mol. The summed E-state index contributed by atoms with van der Waals surface area (Å²) < 4.78 is 10.8. The Hall–Kier alpha value is -7.24. The molecule has 0 saturated carbocycles. The summed E-state index contributed by atoms with van der Waals surface area (Å²) in [7, 11) is 0. The second-order valence-corrected chi connectivity index (χ2v) is 13.5. The highest BCUT2D eigenvalue weighted by molar-refractivity contribution is 6.12. The van der Waals surface area contributed by atoms with Crippen molar-refractivity contribution in [2.45, 2.75) is 0 Å². The Morgan fingerprint density at radius 3 is 1.45 bits per heavy atom. The molecule has 4 heterocycles. The highest BCUT2D eigenvalue weighted by Crippen LogP contribution is 2.39. The molecule has 0 amide bonds. The van der Waals surface area contributed by atoms with Crippen LogP contribution in [-0.2, 0) is 0 Å². The molecule has 0 radical (unpaired) electrons. The van der Waals surface area contributed by atoms with Crippen LogP contribution in [0.5, 0.6) is 0 Å². The summed E-state index contributed by atoms with van der Waals surface area (Å²) in [6.45, 7) is 0. The Balaban J connectivity index is 1.10. The van der Waals surface area contributed by atoms with Gasteiger partial charge in [-0.2, -0.15) is 0 Å². The molecule has 0 N–H and O–H groups in total. The number of furan rings is 1. The molecule has 5 heteroatoms. The molecule has 7 aromatic carbocycles. The summed E-state index contributed by atoms with van der Waals surface area (Å²) in [5, 5.41) is 5.76. The van der Waals surface area contributed by atoms with Crippen molar-refractivity contribution in [2.24, 2.45) is 0 Å². The molecular weight excluding hydrogens is 649 g/mol. The number of aromatic nitrogens is 4. The molecule has 0 aliphatic rings. The Labute approximate surface area is 304 Å². The molecule has 0 aliphatic carbocycles. The van der Waals surface area contributed by atoms with E-state index in [-0.39, 0.29) is 0 Å². The quantitative estimate of drug-likeness (QED) is 0.182. The third-order valence-corrected chi connectivity index (χ3v) is 10.4. The molecule has 0 bridgehead atoms. The first kappa shape index (κ1) is 29.5. The molecule has 11 aromatic rings. The van der Waals surface area contributed by atoms with E-state index in [1.165, 1.54) is 10.8 Å². The molecule has 0 saturated heterocycles. The van der Waals surface area contributed by atoms with Gasteiger partial charge in [0, 0.05) is 44.1 Å². The monoisotopic (exact) mass is 678 g/mol. The largest absolute Gasteiger partial charge is 0.440 e. The standard InChI is InChI=1S/C48H30N4O/c1-3-13-31(14-4-1)40-30-41(32-15-5-2-6-16-32)50-48(49-40)52-43-21-11-9-19-37(43)39-28-34(24-26-45(39)52)33-23-25-44-38(27-33)36-18-8-10-20-42(36)51(44)47-29-35-17-7-12-22-46(35)53-47/h1-30H. The van der Waals surface area contributed by atoms with Gasteiger partial charge in [-0.3, -0.25) is 9.13 Å². The smallest absolute Gasteiger partial charge is 0.235 e. The lowest BCUT2D eigenvalue weighted by molar-refractivity contribution is 0.590. The number of nitrogens with zero attached hydrogens (tertiary/aromatic N) is 4. The minimum absolute atomic E-state index is 0.643. The third-order valence-electron chi connectivity index (χ3n) is 10.4. The lowest BCUT2D eigenvalue weighted by Crippen LogP contribution is -2.03. The summed E-state index contributed by atoms with van der Waals surface area (Å²) >= 11 is 0. The van der Waals surface area contributed by atoms with E-state index in [0.29, 0.717) is 5.95 Å². The topological polar surface area (TPSA) is 48.8 Å². The first-order valence-electron chi connectivity index (χ1n) is 17.8. The van der Waals surface area contributed by atoms with Gasteiger partial charge in [-0.15, -0.1) is 0 Å². The predicted octanol–water partition coefficient (Wildman–Crippen LogP) is 12.4. The lowest BCUT2D eigenvalue weighted by Gasteiger charge is -2.12. The van der Waals surface area contributed by atoms with Gasteiger partial charge in [0.1, 0.15) is 5.58 Å². The first-order valence-corrected chi connectivity index (χ1v) is 17.8. The van der Waals surface area contributed by atoms with E-state index < -0.39 is 0 Å². The van der Waals surface area contributed by atoms with Gasteiger partial charge in [0.2, 0.25) is 11.8 Å². The minimum atomic E-state index is 0.643. The van der Waals surface area contributed by atoms with Gasteiger partial charge in [-0.05, 0) is 59.7 Å². The molecule has 0 spiro atoms. The van der Waals surface area contributed by atoms with Crippen LogP contribution in [-0.4, -0.2) is 19.1 Å². The Morgan fingerprint density at radius 1 is 0.358 bits per heavy atom. The molecule has 0 fully saturated rings. The number of rotatable bonds is 5. The molecule has 248 valence electrons. The van der Waals surface area contributed by atoms with E-state index in [1.54, 1.807) is 0 Å². The molecule has 53 heavy (non-hydrogen) atoms. The van der Waals surface area contributed by atoms with Crippen molar-refractivity contribution >= 4 is 54.6 Å². The van der Waals surface area contributed by atoms with Crippen molar-refractivity contribution < 1.29 is 4.42 Å². The van der Waals surface area contributed by atoms with E-state index in [2.05, 4.69) is 161 Å². The zero-order valence-corrected chi connectivity index (χ0v) is 28.5. The summed E-state index contributed by atoms with van der Waals surface area (Å²) in [4.78, 5) is 10.4. The average Bonchev–Trinajstić information content (AvgIpc) is 3.91. The van der Waals surface area contributed by atoms with Gasteiger partial charge in [-0.25, -0.2) is 9.97 Å². The molecule has 5 nitrogen and oxygen atoms in total. The Bertz CT molecular complexity index is 3080. The van der Waals surface area contributed by atoms with E-state index in [0.717, 1.165) is 83.3 Å². The molecule has 4 aromatic heterocycles. The van der Waals surface area contributed by atoms with Crippen molar-refractivity contribution in [2.75, 3.05) is 0 Å². The van der Waals surface area contributed by atoms with Gasteiger partial charge in [0.15, 0.2) is 0 Å². The van der Waals surface area contributed by atoms with Crippen LogP contribution >= 0.6 is 0 Å². The second kappa shape index (κ2) is 11.7. The van der Waals surface area contributed by atoms with Crippen LogP contribution in [0.4, 0.5) is 0 Å². The second-order valence-electron chi connectivity index (χ2n) is 13.5. The fourth-order valence-electron chi connectivity index (χ4n) is 7.88. The van der Waals surface area contributed by atoms with Crippen molar-refractivity contribution in [3.8, 4) is 45.5 Å². The van der Waals surface area contributed by atoms with E-state index in [4.69, 9.17) is 14.4 Å². The van der Waals surface area contributed by atoms with Crippen molar-refractivity contribution in [3.05, 3.63) is 182 Å². The summed E-state index contributed by atoms with van der Waals surface area (Å²) in [5.41, 5.74) is 11.4. The molecular formula is C48H30N4O. The highest BCUT2D eigenvalue weighted by atomic mass is 16.4. The zero-order valence-electron chi connectivity index (χ0n) is 28.5. The fraction of sp³-hybridized carbons (Fsp3) is 0. The lowest BCUT2D eigenvalue weighted by atomic mass is 10.0. The summed E-state index contributed by atoms with van der Waals surface area (Å²) in [6, 6.07) is 63.7. The van der Waals surface area contributed by atoms with Crippen molar-refractivity contribution in [1.82, 2.24) is 19.1 Å². The van der Waals surface area contributed by atoms with Crippen LogP contribution in [0.1, 0.15) is 0 Å². The predicted molar refractivity (Wildman–Crippen MR) is 217 cm³/mol. The van der Waals surface area contributed by atoms with Gasteiger partial charge in [0.25, 0.3) is 0 Å². The van der Waals surface area contributed by atoms with Crippen LogP contribution < -0.4 is 0 Å². The molecule has 0 atom stereocenters. The number of hydrogen-bond acceptors (Lipinski definition) is 3. The maximum absolute atomic E-state index is 6.39. The summed E-state index contributed by atoms with van der Waals surface area (Å²) in [5.74, 6) is 1.46. The third kappa shape index (κ3) is 4.71. The fourth-order valence-corrected chi connectivity index (χ4v) is 7.88. The van der Waals surface area contributed by atoms with E-state index in [1.807, 2.05) is 30.3 Å². The zero-order chi connectivity index (χ0) is 34.9. The van der Waals surface area contributed by atoms with Crippen LogP contribution in [0.25, 0.3) is 100 Å². The van der Waals surface area contributed by atoms with Crippen LogP contribution in [0.3, 0.4) is 0 Å². The maximum Gasteiger partial charge on any atom is 0.235 e. The number of benzene rings is 7. The van der Waals surface area contributed by atoms with E-state index in [9.17, 15) is 0 Å². The minimum Gasteiger partial charge on any atom is -0.440 e. The number of fused-ring (bicyclic) bond motifs is 7. The normalized spacial score (nSPS) is 11.8. The molecule has 0 unspecified atom stereocenters. The SMILES string of the molecule is c1ccc(-c2cc(-c3ccccc3)nc(-n3c4ccccc4c4cc(-c5ccc6c(c5)c5ccccc5n6-c5cc6ccccc6o5)ccc43)n2)cc1. The van der Waals surface area contributed by atoms with Gasteiger partial charge < -0.3 is 4.42 Å². The molecule has 11 rings (SSSR count). The Morgan fingerprint density at radius 2 is 0.849 bits per heavy atom. The van der Waals surface area contributed by atoms with Crippen LogP contribution in [0.15, 0.2) is 186 Å². The first-order chi connectivity index (χ1) is 26.3. The number of hydrogen-bond donors (Lipinski definition) is 0. The number of para-hydroxylation sites is 3. The van der Waals surface area contributed by atoms with Crippen molar-refractivity contribution in [3.63, 3.8) is 0 Å².